The lowest BCUT2D eigenvalue weighted by Crippen LogP contribution is -2.41. The lowest BCUT2D eigenvalue weighted by molar-refractivity contribution is 0.0772. The van der Waals surface area contributed by atoms with Crippen LogP contribution in [0.25, 0.3) is 0 Å². The monoisotopic (exact) mass is 353 g/mol. The van der Waals surface area contributed by atoms with Gasteiger partial charge in [-0.25, -0.2) is 14.2 Å². The second-order valence-corrected chi connectivity index (χ2v) is 7.40. The van der Waals surface area contributed by atoms with E-state index < -0.39 is 28.7 Å². The van der Waals surface area contributed by atoms with Crippen LogP contribution in [-0.4, -0.2) is 25.7 Å². The summed E-state index contributed by atoms with van der Waals surface area (Å²) in [7, 11) is 0. The average Bonchev–Trinajstić information content (AvgIpc) is 2.78. The zero-order valence-corrected chi connectivity index (χ0v) is 16.1. The normalized spacial score (nSPS) is 11.7. The Bertz CT molecular complexity index is 663. The van der Waals surface area contributed by atoms with Crippen LogP contribution < -0.4 is 11.4 Å². The highest BCUT2D eigenvalue weighted by Crippen LogP contribution is 2.09. The lowest BCUT2D eigenvalue weighted by Gasteiger charge is -2.17. The third-order valence-electron chi connectivity index (χ3n) is 4.08. The van der Waals surface area contributed by atoms with E-state index in [0.717, 1.165) is 39.6 Å². The molecule has 0 bridgehead atoms. The van der Waals surface area contributed by atoms with Crippen molar-refractivity contribution in [2.45, 2.75) is 91.5 Å². The number of carbonyl (C=O) groups excluding carboxylic acids is 2. The Kier molecular flexibility index (Phi) is 7.58. The molecule has 0 radical (unpaired) electrons. The SMILES string of the molecule is CCCCCC(=O)n1c(=O)n(C(C)(C)C)c(=O)n1C(=O)CCCCC. The first kappa shape index (κ1) is 21.1. The molecule has 142 valence electrons. The van der Waals surface area contributed by atoms with Gasteiger partial charge in [0.15, 0.2) is 0 Å². The molecule has 1 aromatic rings. The molecular weight excluding hydrogens is 322 g/mol. The number of hydrogen-bond donors (Lipinski definition) is 0. The molecule has 0 fully saturated rings. The van der Waals surface area contributed by atoms with Crippen LogP contribution in [0.1, 0.15) is 95.6 Å². The third kappa shape index (κ3) is 5.03. The van der Waals surface area contributed by atoms with Crippen LogP contribution in [0, 0.1) is 0 Å². The Morgan fingerprint density at radius 1 is 0.760 bits per heavy atom. The van der Waals surface area contributed by atoms with Crippen molar-refractivity contribution in [1.29, 1.82) is 0 Å². The molecule has 7 heteroatoms. The van der Waals surface area contributed by atoms with E-state index in [1.54, 1.807) is 20.8 Å². The van der Waals surface area contributed by atoms with Gasteiger partial charge >= 0.3 is 11.4 Å². The van der Waals surface area contributed by atoms with Gasteiger partial charge in [0.1, 0.15) is 0 Å². The molecule has 1 aromatic heterocycles. The summed E-state index contributed by atoms with van der Waals surface area (Å²) in [4.78, 5) is 50.4. The average molecular weight is 353 g/mol. The first-order valence-electron chi connectivity index (χ1n) is 9.20. The standard InChI is InChI=1S/C18H31N3O4/c1-6-8-10-12-14(22)20-16(24)19(18(3,4)5)17(25)21(20)15(23)13-11-9-7-2/h6-13H2,1-5H3. The zero-order chi connectivity index (χ0) is 19.2. The van der Waals surface area contributed by atoms with Gasteiger partial charge in [-0.15, -0.1) is 0 Å². The number of nitrogens with zero attached hydrogens (tertiary/aromatic N) is 3. The molecule has 0 N–H and O–H groups in total. The Balaban J connectivity index is 3.37. The molecular formula is C18H31N3O4. The van der Waals surface area contributed by atoms with E-state index in [0.29, 0.717) is 12.8 Å². The highest BCUT2D eigenvalue weighted by molar-refractivity contribution is 5.84. The summed E-state index contributed by atoms with van der Waals surface area (Å²) < 4.78 is 2.48. The molecule has 0 aromatic carbocycles. The Hall–Kier alpha value is -1.92. The number of hydrogen-bond acceptors (Lipinski definition) is 4. The van der Waals surface area contributed by atoms with Crippen LogP contribution in [0.5, 0.6) is 0 Å². The second kappa shape index (κ2) is 8.97. The summed E-state index contributed by atoms with van der Waals surface area (Å²) in [5, 5.41) is 0. The summed E-state index contributed by atoms with van der Waals surface area (Å²) in [6.07, 6.45) is 5.13. The number of aromatic nitrogens is 3. The van der Waals surface area contributed by atoms with Gasteiger partial charge in [-0.05, 0) is 33.6 Å². The topological polar surface area (TPSA) is 83.1 Å². The van der Waals surface area contributed by atoms with Crippen molar-refractivity contribution in [2.24, 2.45) is 0 Å². The summed E-state index contributed by atoms with van der Waals surface area (Å²) in [6.45, 7) is 9.13. The molecule has 0 atom stereocenters. The summed E-state index contributed by atoms with van der Waals surface area (Å²) in [6, 6.07) is 0. The lowest BCUT2D eigenvalue weighted by atomic mass is 10.1. The third-order valence-corrected chi connectivity index (χ3v) is 4.08. The predicted molar refractivity (Wildman–Crippen MR) is 97.5 cm³/mol. The minimum atomic E-state index is -0.811. The van der Waals surface area contributed by atoms with Gasteiger partial charge in [0, 0.05) is 18.4 Å². The fourth-order valence-corrected chi connectivity index (χ4v) is 2.72. The minimum Gasteiger partial charge on any atom is -0.272 e. The maximum absolute atomic E-state index is 12.7. The largest absolute Gasteiger partial charge is 0.355 e. The van der Waals surface area contributed by atoms with Crippen LogP contribution in [0.3, 0.4) is 0 Å². The maximum Gasteiger partial charge on any atom is 0.355 e. The van der Waals surface area contributed by atoms with Crippen molar-refractivity contribution in [1.82, 2.24) is 13.9 Å². The van der Waals surface area contributed by atoms with Gasteiger partial charge in [0.25, 0.3) is 0 Å². The van der Waals surface area contributed by atoms with Crippen molar-refractivity contribution in [3.63, 3.8) is 0 Å². The highest BCUT2D eigenvalue weighted by atomic mass is 16.2. The summed E-state index contributed by atoms with van der Waals surface area (Å²) in [5.41, 5.74) is -2.28. The Labute approximate surface area is 148 Å². The summed E-state index contributed by atoms with van der Waals surface area (Å²) >= 11 is 0. The van der Waals surface area contributed by atoms with E-state index in [-0.39, 0.29) is 12.8 Å². The van der Waals surface area contributed by atoms with Crippen molar-refractivity contribution in [3.05, 3.63) is 21.0 Å². The van der Waals surface area contributed by atoms with Gasteiger partial charge in [-0.1, -0.05) is 39.5 Å². The number of carbonyl (C=O) groups is 2. The molecule has 0 aliphatic heterocycles. The molecule has 1 rings (SSSR count). The number of unbranched alkanes of at least 4 members (excludes halogenated alkanes) is 4. The first-order chi connectivity index (χ1) is 11.7. The van der Waals surface area contributed by atoms with Crippen molar-refractivity contribution < 1.29 is 9.59 Å². The Morgan fingerprint density at radius 3 is 1.40 bits per heavy atom. The zero-order valence-electron chi connectivity index (χ0n) is 16.1. The smallest absolute Gasteiger partial charge is 0.272 e. The van der Waals surface area contributed by atoms with Crippen LogP contribution in [0.4, 0.5) is 0 Å². The molecule has 0 aliphatic rings. The molecule has 0 unspecified atom stereocenters. The van der Waals surface area contributed by atoms with Gasteiger partial charge in [0.05, 0.1) is 0 Å². The Morgan fingerprint density at radius 2 is 1.12 bits per heavy atom. The van der Waals surface area contributed by atoms with Gasteiger partial charge < -0.3 is 0 Å². The maximum atomic E-state index is 12.7. The molecule has 0 saturated heterocycles. The van der Waals surface area contributed by atoms with Gasteiger partial charge in [0.2, 0.25) is 11.8 Å². The van der Waals surface area contributed by atoms with E-state index in [9.17, 15) is 19.2 Å². The van der Waals surface area contributed by atoms with E-state index in [2.05, 4.69) is 0 Å². The fourth-order valence-electron chi connectivity index (χ4n) is 2.72. The van der Waals surface area contributed by atoms with E-state index in [1.807, 2.05) is 13.8 Å². The quantitative estimate of drug-likeness (QED) is 0.673. The predicted octanol–water partition coefficient (Wildman–Crippen LogP) is 3.01. The van der Waals surface area contributed by atoms with Crippen LogP contribution >= 0.6 is 0 Å². The molecule has 1 heterocycles. The molecule has 25 heavy (non-hydrogen) atoms. The minimum absolute atomic E-state index is 0.142. The van der Waals surface area contributed by atoms with E-state index in [1.165, 1.54) is 0 Å². The molecule has 0 amide bonds. The van der Waals surface area contributed by atoms with Gasteiger partial charge in [-0.2, -0.15) is 9.36 Å². The van der Waals surface area contributed by atoms with Gasteiger partial charge in [-0.3, -0.25) is 9.59 Å². The van der Waals surface area contributed by atoms with Crippen LogP contribution in [-0.2, 0) is 5.54 Å². The number of rotatable bonds is 8. The highest BCUT2D eigenvalue weighted by Gasteiger charge is 2.29. The second-order valence-electron chi connectivity index (χ2n) is 7.40. The van der Waals surface area contributed by atoms with Crippen molar-refractivity contribution in [2.75, 3.05) is 0 Å². The molecule has 7 nitrogen and oxygen atoms in total. The molecule has 0 spiro atoms. The molecule has 0 saturated carbocycles. The summed E-state index contributed by atoms with van der Waals surface area (Å²) in [5.74, 6) is -0.996. The van der Waals surface area contributed by atoms with Crippen LogP contribution in [0.15, 0.2) is 9.59 Å². The van der Waals surface area contributed by atoms with Crippen LogP contribution in [0.2, 0.25) is 0 Å². The fraction of sp³-hybridized carbons (Fsp3) is 0.778. The van der Waals surface area contributed by atoms with E-state index >= 15 is 0 Å². The molecule has 0 aliphatic carbocycles. The van der Waals surface area contributed by atoms with Crippen molar-refractivity contribution in [3.8, 4) is 0 Å². The van der Waals surface area contributed by atoms with Crippen molar-refractivity contribution >= 4 is 11.8 Å². The first-order valence-corrected chi connectivity index (χ1v) is 9.20. The van der Waals surface area contributed by atoms with E-state index in [4.69, 9.17) is 0 Å².